The summed E-state index contributed by atoms with van der Waals surface area (Å²) in [6.07, 6.45) is 0.373. The number of halogens is 1. The van der Waals surface area contributed by atoms with Crippen LogP contribution >= 0.6 is 11.6 Å². The summed E-state index contributed by atoms with van der Waals surface area (Å²) in [5, 5.41) is 3.21. The van der Waals surface area contributed by atoms with Gasteiger partial charge in [0, 0.05) is 18.1 Å². The number of nitrogens with one attached hydrogen (secondary N) is 1. The number of hydrogen-bond donors (Lipinski definition) is 1. The number of aryl methyl sites for hydroxylation is 2. The van der Waals surface area contributed by atoms with E-state index in [0.29, 0.717) is 29.2 Å². The predicted octanol–water partition coefficient (Wildman–Crippen LogP) is 5.10. The van der Waals surface area contributed by atoms with Crippen molar-refractivity contribution in [1.82, 2.24) is 10.2 Å². The summed E-state index contributed by atoms with van der Waals surface area (Å²) in [5.41, 5.74) is 2.95. The zero-order valence-electron chi connectivity index (χ0n) is 22.1. The van der Waals surface area contributed by atoms with E-state index >= 15 is 0 Å². The number of nitrogens with zero attached hydrogens (tertiary/aromatic N) is 2. The molecule has 38 heavy (non-hydrogen) atoms. The van der Waals surface area contributed by atoms with Crippen molar-refractivity contribution in [3.05, 3.63) is 94.5 Å². The second-order valence-corrected chi connectivity index (χ2v) is 11.4. The van der Waals surface area contributed by atoms with Gasteiger partial charge in [-0.1, -0.05) is 66.6 Å². The van der Waals surface area contributed by atoms with E-state index in [2.05, 4.69) is 5.32 Å². The van der Waals surface area contributed by atoms with Gasteiger partial charge < -0.3 is 10.2 Å². The number of hydrogen-bond acceptors (Lipinski definition) is 4. The number of sulfonamides is 1. The van der Waals surface area contributed by atoms with Crippen LogP contribution in [0.5, 0.6) is 0 Å². The van der Waals surface area contributed by atoms with Crippen LogP contribution < -0.4 is 9.62 Å². The number of anilines is 1. The van der Waals surface area contributed by atoms with E-state index in [1.165, 1.54) is 29.2 Å². The molecule has 1 atom stereocenters. The number of carbonyl (C=O) groups is 2. The second-order valence-electron chi connectivity index (χ2n) is 9.08. The summed E-state index contributed by atoms with van der Waals surface area (Å²) in [6, 6.07) is 19.8. The van der Waals surface area contributed by atoms with Crippen molar-refractivity contribution in [3.8, 4) is 0 Å². The Morgan fingerprint density at radius 1 is 0.947 bits per heavy atom. The topological polar surface area (TPSA) is 86.8 Å². The highest BCUT2D eigenvalue weighted by Gasteiger charge is 2.34. The van der Waals surface area contributed by atoms with Crippen LogP contribution in [0.4, 0.5) is 5.69 Å². The summed E-state index contributed by atoms with van der Waals surface area (Å²) in [6.45, 7) is 7.50. The van der Waals surface area contributed by atoms with E-state index in [1.807, 2.05) is 45.0 Å². The zero-order chi connectivity index (χ0) is 27.9. The van der Waals surface area contributed by atoms with Crippen molar-refractivity contribution in [2.75, 3.05) is 17.4 Å². The SMILES string of the molecule is CCNC(=O)[C@@H](CC)N(Cc1cccc(C)c1)C(=O)CN(c1ccccc1C)S(=O)(=O)c1ccc(Cl)cc1. The largest absolute Gasteiger partial charge is 0.355 e. The lowest BCUT2D eigenvalue weighted by Gasteiger charge is -2.33. The minimum Gasteiger partial charge on any atom is -0.355 e. The molecule has 3 aromatic carbocycles. The number of amides is 2. The first-order valence-electron chi connectivity index (χ1n) is 12.5. The Bertz CT molecular complexity index is 1380. The standard InChI is InChI=1S/C29H34ClN3O4S/c1-5-26(29(35)31-6-2)32(19-23-12-9-10-21(3)18-23)28(34)20-33(27-13-8-7-11-22(27)4)38(36,37)25-16-14-24(30)15-17-25/h7-18,26H,5-6,19-20H2,1-4H3,(H,31,35)/t26-/m1/s1. The van der Waals surface area contributed by atoms with Crippen molar-refractivity contribution in [2.24, 2.45) is 0 Å². The molecule has 0 radical (unpaired) electrons. The molecule has 0 bridgehead atoms. The van der Waals surface area contributed by atoms with E-state index in [4.69, 9.17) is 11.6 Å². The van der Waals surface area contributed by atoms with Gasteiger partial charge in [0.15, 0.2) is 0 Å². The average Bonchev–Trinajstić information content (AvgIpc) is 2.88. The number of carbonyl (C=O) groups excluding carboxylic acids is 2. The van der Waals surface area contributed by atoms with Crippen molar-refractivity contribution in [1.29, 1.82) is 0 Å². The van der Waals surface area contributed by atoms with E-state index < -0.39 is 28.5 Å². The number of para-hydroxylation sites is 1. The zero-order valence-corrected chi connectivity index (χ0v) is 23.7. The fourth-order valence-electron chi connectivity index (χ4n) is 4.31. The summed E-state index contributed by atoms with van der Waals surface area (Å²) in [7, 11) is -4.14. The Morgan fingerprint density at radius 2 is 1.63 bits per heavy atom. The third-order valence-electron chi connectivity index (χ3n) is 6.24. The van der Waals surface area contributed by atoms with Gasteiger partial charge in [-0.15, -0.1) is 0 Å². The lowest BCUT2D eigenvalue weighted by molar-refractivity contribution is -0.140. The molecule has 9 heteroatoms. The van der Waals surface area contributed by atoms with Crippen molar-refractivity contribution in [2.45, 2.75) is 51.6 Å². The maximum Gasteiger partial charge on any atom is 0.264 e. The molecule has 0 unspecified atom stereocenters. The monoisotopic (exact) mass is 555 g/mol. The molecule has 0 aliphatic rings. The van der Waals surface area contributed by atoms with Crippen LogP contribution in [0.1, 0.15) is 37.0 Å². The lowest BCUT2D eigenvalue weighted by atomic mass is 10.1. The van der Waals surface area contributed by atoms with Gasteiger partial charge in [-0.3, -0.25) is 13.9 Å². The normalized spacial score (nSPS) is 12.0. The highest BCUT2D eigenvalue weighted by molar-refractivity contribution is 7.92. The molecular weight excluding hydrogens is 522 g/mol. The van der Waals surface area contributed by atoms with Gasteiger partial charge in [0.1, 0.15) is 12.6 Å². The highest BCUT2D eigenvalue weighted by Crippen LogP contribution is 2.28. The molecule has 202 valence electrons. The van der Waals surface area contributed by atoms with Crippen LogP contribution in [0, 0.1) is 13.8 Å². The Labute approximate surface area is 230 Å². The number of likely N-dealkylation sites (N-methyl/N-ethyl adjacent to an activating group) is 1. The molecule has 0 saturated heterocycles. The van der Waals surface area contributed by atoms with Crippen LogP contribution in [0.15, 0.2) is 77.7 Å². The van der Waals surface area contributed by atoms with Gasteiger partial charge >= 0.3 is 0 Å². The minimum atomic E-state index is -4.14. The molecule has 3 rings (SSSR count). The van der Waals surface area contributed by atoms with Crippen molar-refractivity contribution < 1.29 is 18.0 Å². The smallest absolute Gasteiger partial charge is 0.264 e. The average molecular weight is 556 g/mol. The fourth-order valence-corrected chi connectivity index (χ4v) is 5.91. The van der Waals surface area contributed by atoms with Crippen LogP contribution in [-0.2, 0) is 26.2 Å². The number of rotatable bonds is 11. The molecule has 2 amide bonds. The van der Waals surface area contributed by atoms with Crippen LogP contribution in [0.25, 0.3) is 0 Å². The van der Waals surface area contributed by atoms with Crippen molar-refractivity contribution in [3.63, 3.8) is 0 Å². The molecular formula is C29H34ClN3O4S. The Hall–Kier alpha value is -3.36. The third-order valence-corrected chi connectivity index (χ3v) is 8.26. The van der Waals surface area contributed by atoms with Gasteiger partial charge in [-0.25, -0.2) is 8.42 Å². The predicted molar refractivity (Wildman–Crippen MR) is 152 cm³/mol. The molecule has 0 aliphatic carbocycles. The second kappa shape index (κ2) is 12.9. The summed E-state index contributed by atoms with van der Waals surface area (Å²) in [5.74, 6) is -0.760. The first-order chi connectivity index (χ1) is 18.1. The summed E-state index contributed by atoms with van der Waals surface area (Å²) in [4.78, 5) is 28.5. The van der Waals surface area contributed by atoms with Crippen molar-refractivity contribution >= 4 is 39.1 Å². The third kappa shape index (κ3) is 6.94. The first kappa shape index (κ1) is 29.2. The van der Waals surface area contributed by atoms with Gasteiger partial charge in [0.25, 0.3) is 10.0 Å². The van der Waals surface area contributed by atoms with Gasteiger partial charge in [0.05, 0.1) is 10.6 Å². The molecule has 3 aromatic rings. The Kier molecular flexibility index (Phi) is 9.94. The molecule has 0 saturated carbocycles. The number of benzene rings is 3. The quantitative estimate of drug-likeness (QED) is 0.357. The molecule has 1 N–H and O–H groups in total. The van der Waals surface area contributed by atoms with Gasteiger partial charge in [0.2, 0.25) is 11.8 Å². The van der Waals surface area contributed by atoms with E-state index in [1.54, 1.807) is 31.2 Å². The molecule has 0 aliphatic heterocycles. The van der Waals surface area contributed by atoms with E-state index in [-0.39, 0.29) is 17.3 Å². The maximum atomic E-state index is 14.0. The van der Waals surface area contributed by atoms with E-state index in [0.717, 1.165) is 15.4 Å². The molecule has 0 spiro atoms. The van der Waals surface area contributed by atoms with Gasteiger partial charge in [-0.05, 0) is 68.7 Å². The first-order valence-corrected chi connectivity index (χ1v) is 14.4. The highest BCUT2D eigenvalue weighted by atomic mass is 35.5. The lowest BCUT2D eigenvalue weighted by Crippen LogP contribution is -2.52. The maximum absolute atomic E-state index is 14.0. The molecule has 0 aromatic heterocycles. The summed E-state index contributed by atoms with van der Waals surface area (Å²) < 4.78 is 28.8. The fraction of sp³-hybridized carbons (Fsp3) is 0.310. The summed E-state index contributed by atoms with van der Waals surface area (Å²) >= 11 is 6.00. The molecule has 7 nitrogen and oxygen atoms in total. The minimum absolute atomic E-state index is 0.0129. The van der Waals surface area contributed by atoms with Crippen LogP contribution in [0.2, 0.25) is 5.02 Å². The van der Waals surface area contributed by atoms with Crippen LogP contribution in [-0.4, -0.2) is 44.3 Å². The Morgan fingerprint density at radius 3 is 2.24 bits per heavy atom. The molecule has 0 fully saturated rings. The molecule has 0 heterocycles. The van der Waals surface area contributed by atoms with Gasteiger partial charge in [-0.2, -0.15) is 0 Å². The Balaban J connectivity index is 2.07. The van der Waals surface area contributed by atoms with E-state index in [9.17, 15) is 18.0 Å². The van der Waals surface area contributed by atoms with Crippen LogP contribution in [0.3, 0.4) is 0 Å².